The molecule has 1 aliphatic carbocycles. The van der Waals surface area contributed by atoms with Gasteiger partial charge in [-0.3, -0.25) is 0 Å². The second-order valence-electron chi connectivity index (χ2n) is 4.22. The fraction of sp³-hybridized carbons (Fsp3) is 0.833. The predicted octanol–water partition coefficient (Wildman–Crippen LogP) is 2.42. The van der Waals surface area contributed by atoms with Gasteiger partial charge in [-0.1, -0.05) is 32.6 Å². The molecule has 0 aliphatic heterocycles. The van der Waals surface area contributed by atoms with Gasteiger partial charge in [-0.2, -0.15) is 0 Å². The number of hydrogen-bond donors (Lipinski definition) is 1. The van der Waals surface area contributed by atoms with E-state index in [0.717, 1.165) is 18.4 Å². The Morgan fingerprint density at radius 3 is 2.46 bits per heavy atom. The van der Waals surface area contributed by atoms with Gasteiger partial charge in [0, 0.05) is 0 Å². The molecule has 0 aromatic carbocycles. The van der Waals surface area contributed by atoms with Crippen LogP contribution in [-0.4, -0.2) is 12.6 Å². The number of rotatable bonds is 3. The summed E-state index contributed by atoms with van der Waals surface area (Å²) in [5.74, 6) is 4.51. The van der Waals surface area contributed by atoms with Gasteiger partial charge in [-0.05, 0) is 31.2 Å². The molecule has 0 amide bonds. The van der Waals surface area contributed by atoms with Gasteiger partial charge in [0.25, 0.3) is 0 Å². The molecule has 0 heterocycles. The first kappa shape index (κ1) is 10.6. The maximum Gasteiger partial charge on any atom is 0.0715 e. The normalized spacial score (nSPS) is 30.8. The van der Waals surface area contributed by atoms with E-state index in [1.165, 1.54) is 25.7 Å². The molecule has 1 rings (SSSR count). The van der Waals surface area contributed by atoms with E-state index in [0.29, 0.717) is 6.04 Å². The van der Waals surface area contributed by atoms with Crippen molar-refractivity contribution >= 4 is 0 Å². The van der Waals surface area contributed by atoms with Crippen LogP contribution in [0.25, 0.3) is 0 Å². The molecule has 0 bridgehead atoms. The Bertz CT molecular complexity index is 172. The summed E-state index contributed by atoms with van der Waals surface area (Å²) in [5, 5.41) is 3.38. The minimum absolute atomic E-state index is 0.317. The van der Waals surface area contributed by atoms with E-state index in [2.05, 4.69) is 25.1 Å². The van der Waals surface area contributed by atoms with E-state index in [9.17, 15) is 0 Å². The molecule has 1 saturated carbocycles. The lowest BCUT2D eigenvalue weighted by atomic mass is 9.79. The maximum absolute atomic E-state index is 5.51. The highest BCUT2D eigenvalue weighted by atomic mass is 14.9. The zero-order chi connectivity index (χ0) is 9.68. The van der Waals surface area contributed by atoms with Crippen molar-refractivity contribution < 1.29 is 0 Å². The van der Waals surface area contributed by atoms with E-state index in [4.69, 9.17) is 6.42 Å². The summed E-state index contributed by atoms with van der Waals surface area (Å²) in [4.78, 5) is 0. The van der Waals surface area contributed by atoms with Crippen LogP contribution in [0.1, 0.15) is 39.5 Å². The molecule has 74 valence electrons. The molecule has 0 aromatic rings. The molecule has 1 unspecified atom stereocenters. The second kappa shape index (κ2) is 5.29. The highest BCUT2D eigenvalue weighted by Crippen LogP contribution is 2.30. The van der Waals surface area contributed by atoms with E-state index >= 15 is 0 Å². The number of nitrogens with one attached hydrogen (secondary N) is 1. The van der Waals surface area contributed by atoms with E-state index < -0.39 is 0 Å². The number of terminal acetylenes is 1. The molecule has 1 N–H and O–H groups in total. The van der Waals surface area contributed by atoms with Crippen LogP contribution in [0.4, 0.5) is 0 Å². The lowest BCUT2D eigenvalue weighted by molar-refractivity contribution is 0.258. The van der Waals surface area contributed by atoms with Crippen LogP contribution in [0.3, 0.4) is 0 Å². The third-order valence-corrected chi connectivity index (χ3v) is 3.14. The monoisotopic (exact) mass is 179 g/mol. The van der Waals surface area contributed by atoms with Gasteiger partial charge < -0.3 is 5.32 Å². The molecule has 1 fully saturated rings. The summed E-state index contributed by atoms with van der Waals surface area (Å²) in [6.45, 7) is 5.45. The van der Waals surface area contributed by atoms with Crippen LogP contribution in [0.5, 0.6) is 0 Å². The minimum atomic E-state index is 0.317. The zero-order valence-corrected chi connectivity index (χ0v) is 8.84. The van der Waals surface area contributed by atoms with Gasteiger partial charge in [-0.25, -0.2) is 0 Å². The molecule has 0 aromatic heterocycles. The fourth-order valence-corrected chi connectivity index (χ4v) is 2.20. The average Bonchev–Trinajstić information content (AvgIpc) is 2.16. The van der Waals surface area contributed by atoms with Gasteiger partial charge in [0.1, 0.15) is 0 Å². The van der Waals surface area contributed by atoms with Crippen molar-refractivity contribution in [2.24, 2.45) is 11.8 Å². The van der Waals surface area contributed by atoms with Crippen LogP contribution in [0, 0.1) is 24.2 Å². The largest absolute Gasteiger partial charge is 0.304 e. The molecule has 1 heteroatoms. The topological polar surface area (TPSA) is 12.0 Å². The number of hydrogen-bond acceptors (Lipinski definition) is 1. The molecular formula is C12H21N. The second-order valence-corrected chi connectivity index (χ2v) is 4.22. The summed E-state index contributed by atoms with van der Waals surface area (Å²) in [6.07, 6.45) is 10.8. The van der Waals surface area contributed by atoms with Crippen molar-refractivity contribution in [2.75, 3.05) is 6.54 Å². The van der Waals surface area contributed by atoms with E-state index in [1.807, 2.05) is 0 Å². The van der Waals surface area contributed by atoms with Crippen molar-refractivity contribution in [1.82, 2.24) is 5.32 Å². The van der Waals surface area contributed by atoms with Crippen molar-refractivity contribution in [1.29, 1.82) is 0 Å². The first-order chi connectivity index (χ1) is 6.27. The van der Waals surface area contributed by atoms with Gasteiger partial charge in [0.15, 0.2) is 0 Å². The Hall–Kier alpha value is -0.480. The van der Waals surface area contributed by atoms with Gasteiger partial charge in [0.05, 0.1) is 6.04 Å². The fourth-order valence-electron chi connectivity index (χ4n) is 2.20. The molecule has 1 nitrogen and oxygen atoms in total. The molecular weight excluding hydrogens is 158 g/mol. The molecule has 1 atom stereocenters. The molecule has 0 saturated heterocycles. The maximum atomic E-state index is 5.51. The highest BCUT2D eigenvalue weighted by Gasteiger charge is 2.23. The summed E-state index contributed by atoms with van der Waals surface area (Å²) in [6, 6.07) is 0.317. The highest BCUT2D eigenvalue weighted by molar-refractivity contribution is 5.02. The third kappa shape index (κ3) is 3.04. The van der Waals surface area contributed by atoms with Crippen LogP contribution < -0.4 is 5.32 Å². The average molecular weight is 179 g/mol. The van der Waals surface area contributed by atoms with Crippen LogP contribution in [-0.2, 0) is 0 Å². The third-order valence-electron chi connectivity index (χ3n) is 3.14. The van der Waals surface area contributed by atoms with Gasteiger partial charge in [0.2, 0.25) is 0 Å². The predicted molar refractivity (Wildman–Crippen MR) is 57.4 cm³/mol. The van der Waals surface area contributed by atoms with Crippen molar-refractivity contribution in [2.45, 2.75) is 45.6 Å². The SMILES string of the molecule is C#CC(NCC)C1CCC(C)CC1. The van der Waals surface area contributed by atoms with Crippen LogP contribution in [0.15, 0.2) is 0 Å². The van der Waals surface area contributed by atoms with Crippen LogP contribution >= 0.6 is 0 Å². The Morgan fingerprint density at radius 1 is 1.38 bits per heavy atom. The van der Waals surface area contributed by atoms with Crippen molar-refractivity contribution in [3.63, 3.8) is 0 Å². The quantitative estimate of drug-likeness (QED) is 0.656. The Morgan fingerprint density at radius 2 is 2.00 bits per heavy atom. The summed E-state index contributed by atoms with van der Waals surface area (Å²) < 4.78 is 0. The Labute approximate surface area is 82.3 Å². The van der Waals surface area contributed by atoms with E-state index in [1.54, 1.807) is 0 Å². The molecule has 13 heavy (non-hydrogen) atoms. The molecule has 1 aliphatic rings. The summed E-state index contributed by atoms with van der Waals surface area (Å²) >= 11 is 0. The minimum Gasteiger partial charge on any atom is -0.304 e. The lowest BCUT2D eigenvalue weighted by Gasteiger charge is -2.30. The zero-order valence-electron chi connectivity index (χ0n) is 8.84. The Kier molecular flexibility index (Phi) is 4.32. The van der Waals surface area contributed by atoms with Crippen molar-refractivity contribution in [3.8, 4) is 12.3 Å². The standard InChI is InChI=1S/C12H21N/c1-4-12(13-5-2)11-8-6-10(3)7-9-11/h1,10-13H,5-9H2,2-3H3. The molecule has 0 spiro atoms. The first-order valence-corrected chi connectivity index (χ1v) is 5.47. The lowest BCUT2D eigenvalue weighted by Crippen LogP contribution is -2.36. The van der Waals surface area contributed by atoms with Crippen molar-refractivity contribution in [3.05, 3.63) is 0 Å². The Balaban J connectivity index is 2.38. The molecule has 0 radical (unpaired) electrons. The van der Waals surface area contributed by atoms with Crippen LogP contribution in [0.2, 0.25) is 0 Å². The summed E-state index contributed by atoms with van der Waals surface area (Å²) in [7, 11) is 0. The smallest absolute Gasteiger partial charge is 0.0715 e. The first-order valence-electron chi connectivity index (χ1n) is 5.47. The van der Waals surface area contributed by atoms with Gasteiger partial charge in [-0.15, -0.1) is 6.42 Å². The summed E-state index contributed by atoms with van der Waals surface area (Å²) in [5.41, 5.74) is 0. The van der Waals surface area contributed by atoms with Gasteiger partial charge >= 0.3 is 0 Å². The van der Waals surface area contributed by atoms with E-state index in [-0.39, 0.29) is 0 Å².